The van der Waals surface area contributed by atoms with E-state index in [9.17, 15) is 33.1 Å². The second-order valence-corrected chi connectivity index (χ2v) is 15.8. The van der Waals surface area contributed by atoms with E-state index in [4.69, 9.17) is 5.21 Å². The first-order chi connectivity index (χ1) is 25.2. The highest BCUT2D eigenvalue weighted by molar-refractivity contribution is 7.89. The number of aliphatic hydroxyl groups excluding tert-OH is 1. The summed E-state index contributed by atoms with van der Waals surface area (Å²) in [5.74, 6) is -1.64. The zero-order valence-corrected chi connectivity index (χ0v) is 31.3. The van der Waals surface area contributed by atoms with E-state index in [-0.39, 0.29) is 43.4 Å². The van der Waals surface area contributed by atoms with E-state index in [1.165, 1.54) is 39.7 Å². The highest BCUT2D eigenvalue weighted by Crippen LogP contribution is 2.24. The van der Waals surface area contributed by atoms with Crippen molar-refractivity contribution in [3.63, 3.8) is 0 Å². The van der Waals surface area contributed by atoms with E-state index in [0.29, 0.717) is 22.4 Å². The van der Waals surface area contributed by atoms with Crippen LogP contribution in [-0.2, 0) is 32.6 Å². The van der Waals surface area contributed by atoms with Crippen LogP contribution in [-0.4, -0.2) is 106 Å². The molecule has 0 aromatic heterocycles. The molecular formula is C38H48N6O8S. The lowest BCUT2D eigenvalue weighted by Crippen LogP contribution is -2.57. The standard InChI is InChI=1S/C38H48N6O8S/c1-25(2)21-42(53(51,52)32-16-14-29(15-17-32)20-39-49)23-34(45)33(19-28-10-7-6-8-11-28)40-37(47)36(26(3)4)44-24-35(46)43(38(44)48)22-30-12-9-13-31(18-30)27(5)41-50/h6-18,20,25-26,33-34,36,45,49-50H,19,21-24H2,1-5H3,(H,40,47)/b39-20+,41-27+/t33-,34+,36-/m0/s1. The Morgan fingerprint density at radius 2 is 1.60 bits per heavy atom. The molecular weight excluding hydrogens is 701 g/mol. The molecule has 4 rings (SSSR count). The van der Waals surface area contributed by atoms with E-state index < -0.39 is 52.0 Å². The summed E-state index contributed by atoms with van der Waals surface area (Å²) in [5.41, 5.74) is 2.88. The lowest BCUT2D eigenvalue weighted by molar-refractivity contribution is -0.129. The number of sulfonamides is 1. The van der Waals surface area contributed by atoms with Crippen LogP contribution < -0.4 is 5.32 Å². The molecule has 1 saturated heterocycles. The maximum atomic E-state index is 14.2. The van der Waals surface area contributed by atoms with Gasteiger partial charge in [-0.2, -0.15) is 4.31 Å². The molecule has 53 heavy (non-hydrogen) atoms. The molecule has 4 amide bonds. The fourth-order valence-corrected chi connectivity index (χ4v) is 7.87. The van der Waals surface area contributed by atoms with E-state index in [2.05, 4.69) is 15.6 Å². The molecule has 3 atom stereocenters. The molecule has 14 nitrogen and oxygen atoms in total. The number of nitrogens with one attached hydrogen (secondary N) is 1. The van der Waals surface area contributed by atoms with Gasteiger partial charge in [0.2, 0.25) is 15.9 Å². The topological polar surface area (TPSA) is 193 Å². The minimum Gasteiger partial charge on any atom is -0.411 e. The van der Waals surface area contributed by atoms with Crippen molar-refractivity contribution in [1.29, 1.82) is 0 Å². The van der Waals surface area contributed by atoms with Gasteiger partial charge in [0.05, 0.1) is 35.5 Å². The minimum absolute atomic E-state index is 0.0193. The average molecular weight is 749 g/mol. The van der Waals surface area contributed by atoms with Crippen molar-refractivity contribution in [3.8, 4) is 0 Å². The smallest absolute Gasteiger partial charge is 0.328 e. The Balaban J connectivity index is 1.59. The molecule has 4 N–H and O–H groups in total. The van der Waals surface area contributed by atoms with Crippen molar-refractivity contribution in [2.45, 2.75) is 70.7 Å². The molecule has 3 aromatic carbocycles. The Morgan fingerprint density at radius 3 is 2.21 bits per heavy atom. The minimum atomic E-state index is -4.12. The van der Waals surface area contributed by atoms with Gasteiger partial charge < -0.3 is 25.7 Å². The Labute approximate surface area is 310 Å². The van der Waals surface area contributed by atoms with Gasteiger partial charge in [0.25, 0.3) is 5.91 Å². The number of aliphatic hydroxyl groups is 1. The summed E-state index contributed by atoms with van der Waals surface area (Å²) >= 11 is 0. The van der Waals surface area contributed by atoms with Crippen LogP contribution in [0.1, 0.15) is 56.9 Å². The van der Waals surface area contributed by atoms with Gasteiger partial charge in [-0.15, -0.1) is 0 Å². The largest absolute Gasteiger partial charge is 0.411 e. The predicted molar refractivity (Wildman–Crippen MR) is 199 cm³/mol. The lowest BCUT2D eigenvalue weighted by Gasteiger charge is -2.34. The monoisotopic (exact) mass is 748 g/mol. The Hall–Kier alpha value is -5.12. The van der Waals surface area contributed by atoms with Crippen LogP contribution in [0.15, 0.2) is 94.1 Å². The van der Waals surface area contributed by atoms with Gasteiger partial charge in [-0.3, -0.25) is 14.5 Å². The summed E-state index contributed by atoms with van der Waals surface area (Å²) in [6, 6.07) is 19.1. The maximum Gasteiger partial charge on any atom is 0.328 e. The van der Waals surface area contributed by atoms with Crippen LogP contribution >= 0.6 is 0 Å². The molecule has 1 aliphatic rings. The predicted octanol–water partition coefficient (Wildman–Crippen LogP) is 3.92. The van der Waals surface area contributed by atoms with E-state index >= 15 is 0 Å². The molecule has 0 unspecified atom stereocenters. The normalized spacial score (nSPS) is 15.9. The van der Waals surface area contributed by atoms with Gasteiger partial charge >= 0.3 is 6.03 Å². The second-order valence-electron chi connectivity index (χ2n) is 13.9. The molecule has 0 saturated carbocycles. The van der Waals surface area contributed by atoms with Gasteiger partial charge in [-0.25, -0.2) is 13.2 Å². The SMILES string of the molecule is C/C(=N\O)c1cccc(CN2C(=O)CN([C@H](C(=O)N[C@@H](Cc3ccccc3)[C@H](O)CN(CC(C)C)S(=O)(=O)c3ccc(/C=N/O)cc3)C(C)C)C2=O)c1. The zero-order valence-electron chi connectivity index (χ0n) is 30.5. The summed E-state index contributed by atoms with van der Waals surface area (Å²) in [5, 5.41) is 38.9. The maximum absolute atomic E-state index is 14.2. The highest BCUT2D eigenvalue weighted by Gasteiger charge is 2.44. The molecule has 284 valence electrons. The number of oxime groups is 2. The third-order valence-electron chi connectivity index (χ3n) is 8.93. The van der Waals surface area contributed by atoms with Crippen molar-refractivity contribution in [2.75, 3.05) is 19.6 Å². The number of carbonyl (C=O) groups is 3. The summed E-state index contributed by atoms with van der Waals surface area (Å²) in [6.07, 6.45) is -0.0622. The number of benzene rings is 3. The number of urea groups is 1. The number of amides is 4. The summed E-state index contributed by atoms with van der Waals surface area (Å²) in [6.45, 7) is 8.17. The fourth-order valence-electron chi connectivity index (χ4n) is 6.25. The molecule has 1 aliphatic heterocycles. The number of hydrogen-bond acceptors (Lipinski definition) is 10. The van der Waals surface area contributed by atoms with E-state index in [1.807, 2.05) is 44.2 Å². The van der Waals surface area contributed by atoms with Crippen LogP contribution in [0.25, 0.3) is 0 Å². The molecule has 3 aromatic rings. The molecule has 0 spiro atoms. The van der Waals surface area contributed by atoms with Crippen LogP contribution in [0.5, 0.6) is 0 Å². The van der Waals surface area contributed by atoms with Gasteiger partial charge in [0, 0.05) is 13.1 Å². The summed E-state index contributed by atoms with van der Waals surface area (Å²) in [4.78, 5) is 43.4. The molecule has 0 radical (unpaired) electrons. The number of imide groups is 1. The second kappa shape index (κ2) is 18.1. The van der Waals surface area contributed by atoms with E-state index in [1.54, 1.807) is 45.0 Å². The summed E-state index contributed by atoms with van der Waals surface area (Å²) in [7, 11) is -4.12. The first-order valence-electron chi connectivity index (χ1n) is 17.3. The number of carbonyl (C=O) groups excluding carboxylic acids is 3. The highest BCUT2D eigenvalue weighted by atomic mass is 32.2. The average Bonchev–Trinajstić information content (AvgIpc) is 3.39. The molecule has 1 fully saturated rings. The van der Waals surface area contributed by atoms with Crippen molar-refractivity contribution in [3.05, 3.63) is 101 Å². The quantitative estimate of drug-likeness (QED) is 0.0691. The lowest BCUT2D eigenvalue weighted by atomic mass is 9.97. The van der Waals surface area contributed by atoms with E-state index in [0.717, 1.165) is 10.5 Å². The first kappa shape index (κ1) is 40.6. The van der Waals surface area contributed by atoms with Crippen molar-refractivity contribution >= 4 is 39.8 Å². The van der Waals surface area contributed by atoms with Gasteiger partial charge in [0.1, 0.15) is 12.6 Å². The fraction of sp³-hybridized carbons (Fsp3) is 0.395. The van der Waals surface area contributed by atoms with Gasteiger partial charge in [-0.05, 0) is 65.6 Å². The Kier molecular flexibility index (Phi) is 13.9. The van der Waals surface area contributed by atoms with Crippen molar-refractivity contribution < 1.29 is 38.3 Å². The van der Waals surface area contributed by atoms with Crippen molar-refractivity contribution in [2.24, 2.45) is 22.1 Å². The summed E-state index contributed by atoms with van der Waals surface area (Å²) < 4.78 is 29.0. The van der Waals surface area contributed by atoms with Crippen LogP contribution in [0.3, 0.4) is 0 Å². The molecule has 1 heterocycles. The van der Waals surface area contributed by atoms with Crippen molar-refractivity contribution in [1.82, 2.24) is 19.4 Å². The van der Waals surface area contributed by atoms with Gasteiger partial charge in [-0.1, -0.05) is 98.7 Å². The Bertz CT molecular complexity index is 1900. The van der Waals surface area contributed by atoms with Gasteiger partial charge in [0.15, 0.2) is 0 Å². The number of nitrogens with zero attached hydrogens (tertiary/aromatic N) is 5. The Morgan fingerprint density at radius 1 is 0.943 bits per heavy atom. The van der Waals surface area contributed by atoms with Crippen LogP contribution in [0, 0.1) is 11.8 Å². The number of rotatable bonds is 17. The molecule has 0 aliphatic carbocycles. The molecule has 0 bridgehead atoms. The number of hydrogen-bond donors (Lipinski definition) is 4. The third-order valence-corrected chi connectivity index (χ3v) is 10.8. The van der Waals surface area contributed by atoms with Crippen LogP contribution in [0.4, 0.5) is 4.79 Å². The third kappa shape index (κ3) is 10.3. The zero-order chi connectivity index (χ0) is 38.9. The molecule has 15 heteroatoms. The first-order valence-corrected chi connectivity index (χ1v) is 18.8. The van der Waals surface area contributed by atoms with Crippen LogP contribution in [0.2, 0.25) is 0 Å².